The van der Waals surface area contributed by atoms with Crippen LogP contribution in [0.2, 0.25) is 0 Å². The van der Waals surface area contributed by atoms with Gasteiger partial charge in [0.05, 0.1) is 0 Å². The van der Waals surface area contributed by atoms with Crippen molar-refractivity contribution in [2.45, 2.75) is 25.0 Å². The average molecular weight is 231 g/mol. The zero-order chi connectivity index (χ0) is 12.3. The molecular weight excluding hydrogens is 214 g/mol. The minimum atomic E-state index is -1.13. The summed E-state index contributed by atoms with van der Waals surface area (Å²) in [6, 6.07) is 9.76. The number of benzene rings is 1. The average Bonchev–Trinajstić information content (AvgIpc) is 2.35. The quantitative estimate of drug-likeness (QED) is 0.846. The summed E-state index contributed by atoms with van der Waals surface area (Å²) >= 11 is 0. The lowest BCUT2D eigenvalue weighted by molar-refractivity contribution is -0.154. The number of hydrogen-bond acceptors (Lipinski definition) is 2. The topological polar surface area (TPSA) is 40.5 Å². The summed E-state index contributed by atoms with van der Waals surface area (Å²) in [7, 11) is 1.65. The van der Waals surface area contributed by atoms with Crippen molar-refractivity contribution >= 4 is 12.0 Å². The van der Waals surface area contributed by atoms with Crippen molar-refractivity contribution in [2.24, 2.45) is 0 Å². The third-order valence-electron chi connectivity index (χ3n) is 3.23. The maximum atomic E-state index is 11.6. The van der Waals surface area contributed by atoms with Gasteiger partial charge in [-0.1, -0.05) is 36.4 Å². The largest absolute Gasteiger partial charge is 0.367 e. The lowest BCUT2D eigenvalue weighted by Crippen LogP contribution is -2.51. The zero-order valence-corrected chi connectivity index (χ0v) is 9.97. The van der Waals surface area contributed by atoms with Gasteiger partial charge in [0.2, 0.25) is 5.91 Å². The van der Waals surface area contributed by atoms with Crippen LogP contribution < -0.4 is 0 Å². The van der Waals surface area contributed by atoms with Gasteiger partial charge in [-0.15, -0.1) is 0 Å². The molecule has 0 bridgehead atoms. The van der Waals surface area contributed by atoms with Crippen LogP contribution in [-0.4, -0.2) is 28.7 Å². The number of amides is 1. The Hall–Kier alpha value is -1.61. The maximum Gasteiger partial charge on any atom is 0.224 e. The fraction of sp³-hybridized carbons (Fsp3) is 0.357. The van der Waals surface area contributed by atoms with Gasteiger partial charge >= 0.3 is 0 Å². The molecular formula is C14H17NO2. The van der Waals surface area contributed by atoms with Crippen LogP contribution in [0.3, 0.4) is 0 Å². The fourth-order valence-electron chi connectivity index (χ4n) is 2.04. The van der Waals surface area contributed by atoms with Crippen LogP contribution in [0.15, 0.2) is 36.4 Å². The summed E-state index contributed by atoms with van der Waals surface area (Å²) in [6.07, 6.45) is 5.42. The molecule has 0 aliphatic carbocycles. The van der Waals surface area contributed by atoms with E-state index in [2.05, 4.69) is 0 Å². The van der Waals surface area contributed by atoms with E-state index >= 15 is 0 Å². The van der Waals surface area contributed by atoms with Crippen LogP contribution in [0.25, 0.3) is 6.08 Å². The highest BCUT2D eigenvalue weighted by molar-refractivity contribution is 5.78. The summed E-state index contributed by atoms with van der Waals surface area (Å²) in [4.78, 5) is 13.0. The van der Waals surface area contributed by atoms with E-state index in [0.29, 0.717) is 12.8 Å². The Bertz CT molecular complexity index is 427. The molecule has 1 aromatic carbocycles. The summed E-state index contributed by atoms with van der Waals surface area (Å²) in [5.74, 6) is -0.00328. The predicted octanol–water partition coefficient (Wildman–Crippen LogP) is 2.03. The minimum Gasteiger partial charge on any atom is -0.367 e. The van der Waals surface area contributed by atoms with Crippen LogP contribution >= 0.6 is 0 Å². The third kappa shape index (κ3) is 2.56. The first-order chi connectivity index (χ1) is 8.12. The van der Waals surface area contributed by atoms with Gasteiger partial charge in [-0.3, -0.25) is 4.79 Å². The molecule has 0 spiro atoms. The van der Waals surface area contributed by atoms with E-state index in [4.69, 9.17) is 0 Å². The first-order valence-electron chi connectivity index (χ1n) is 5.85. The van der Waals surface area contributed by atoms with E-state index < -0.39 is 5.72 Å². The summed E-state index contributed by atoms with van der Waals surface area (Å²) in [6.45, 7) is 0. The molecule has 3 nitrogen and oxygen atoms in total. The lowest BCUT2D eigenvalue weighted by atomic mass is 9.97. The van der Waals surface area contributed by atoms with E-state index in [9.17, 15) is 9.90 Å². The lowest BCUT2D eigenvalue weighted by Gasteiger charge is -2.38. The van der Waals surface area contributed by atoms with Gasteiger partial charge in [-0.25, -0.2) is 0 Å². The number of rotatable bonds is 2. The van der Waals surface area contributed by atoms with Gasteiger partial charge in [0, 0.05) is 13.5 Å². The van der Waals surface area contributed by atoms with E-state index in [0.717, 1.165) is 12.0 Å². The number of aliphatic hydroxyl groups is 1. The van der Waals surface area contributed by atoms with E-state index in [1.165, 1.54) is 4.90 Å². The molecule has 1 N–H and O–H groups in total. The van der Waals surface area contributed by atoms with Gasteiger partial charge in [-0.05, 0) is 24.5 Å². The molecule has 1 aliphatic rings. The van der Waals surface area contributed by atoms with Crippen molar-refractivity contribution in [3.8, 4) is 0 Å². The van der Waals surface area contributed by atoms with Crippen LogP contribution in [0, 0.1) is 0 Å². The summed E-state index contributed by atoms with van der Waals surface area (Å²) in [5, 5.41) is 10.4. The van der Waals surface area contributed by atoms with E-state index in [1.54, 1.807) is 13.1 Å². The van der Waals surface area contributed by atoms with Gasteiger partial charge in [-0.2, -0.15) is 0 Å². The van der Waals surface area contributed by atoms with Crippen molar-refractivity contribution in [3.63, 3.8) is 0 Å². The van der Waals surface area contributed by atoms with Crippen molar-refractivity contribution in [3.05, 3.63) is 42.0 Å². The maximum absolute atomic E-state index is 11.6. The molecule has 1 amide bonds. The smallest absolute Gasteiger partial charge is 0.224 e. The Morgan fingerprint density at radius 2 is 2.06 bits per heavy atom. The van der Waals surface area contributed by atoms with Crippen molar-refractivity contribution in [1.82, 2.24) is 4.90 Å². The monoisotopic (exact) mass is 231 g/mol. The predicted molar refractivity (Wildman–Crippen MR) is 67.0 cm³/mol. The zero-order valence-electron chi connectivity index (χ0n) is 9.97. The minimum absolute atomic E-state index is 0.00328. The molecule has 2 rings (SSSR count). The summed E-state index contributed by atoms with van der Waals surface area (Å²) < 4.78 is 0. The van der Waals surface area contributed by atoms with Gasteiger partial charge in [0.15, 0.2) is 5.72 Å². The first-order valence-corrected chi connectivity index (χ1v) is 5.85. The molecule has 17 heavy (non-hydrogen) atoms. The number of piperidine rings is 1. The number of carbonyl (C=O) groups is 1. The molecule has 0 aromatic heterocycles. The van der Waals surface area contributed by atoms with E-state index in [-0.39, 0.29) is 5.91 Å². The molecule has 1 unspecified atom stereocenters. The SMILES string of the molecule is CN1C(=O)CCCC1(O)/C=C/c1ccccc1. The van der Waals surface area contributed by atoms with Crippen molar-refractivity contribution in [1.29, 1.82) is 0 Å². The van der Waals surface area contributed by atoms with Crippen molar-refractivity contribution in [2.75, 3.05) is 7.05 Å². The third-order valence-corrected chi connectivity index (χ3v) is 3.23. The molecule has 0 radical (unpaired) electrons. The van der Waals surface area contributed by atoms with Crippen molar-refractivity contribution < 1.29 is 9.90 Å². The van der Waals surface area contributed by atoms with Gasteiger partial charge in [0.1, 0.15) is 0 Å². The highest BCUT2D eigenvalue weighted by atomic mass is 16.3. The van der Waals surface area contributed by atoms with Crippen LogP contribution in [0.4, 0.5) is 0 Å². The van der Waals surface area contributed by atoms with Crippen LogP contribution in [0.1, 0.15) is 24.8 Å². The van der Waals surface area contributed by atoms with Gasteiger partial charge < -0.3 is 10.0 Å². The number of likely N-dealkylation sites (tertiary alicyclic amines) is 1. The Morgan fingerprint density at radius 1 is 1.35 bits per heavy atom. The first kappa shape index (κ1) is 11.9. The second-order valence-corrected chi connectivity index (χ2v) is 4.43. The number of nitrogens with zero attached hydrogens (tertiary/aromatic N) is 1. The number of likely N-dealkylation sites (N-methyl/N-ethyl adjacent to an activating group) is 1. The second-order valence-electron chi connectivity index (χ2n) is 4.43. The molecule has 1 aromatic rings. The standard InChI is InChI=1S/C14H17NO2/c1-15-13(16)8-5-10-14(15,17)11-9-12-6-3-2-4-7-12/h2-4,6-7,9,11,17H,5,8,10H2,1H3/b11-9+. The Balaban J connectivity index is 2.16. The highest BCUT2D eigenvalue weighted by Gasteiger charge is 2.35. The molecule has 1 aliphatic heterocycles. The van der Waals surface area contributed by atoms with E-state index in [1.807, 2.05) is 36.4 Å². The Labute approximate surface area is 101 Å². The highest BCUT2D eigenvalue weighted by Crippen LogP contribution is 2.27. The molecule has 1 fully saturated rings. The Kier molecular flexibility index (Phi) is 3.29. The number of hydrogen-bond donors (Lipinski definition) is 1. The molecule has 1 heterocycles. The fourth-order valence-corrected chi connectivity index (χ4v) is 2.04. The Morgan fingerprint density at radius 3 is 2.76 bits per heavy atom. The van der Waals surface area contributed by atoms with Gasteiger partial charge in [0.25, 0.3) is 0 Å². The molecule has 3 heteroatoms. The number of carbonyl (C=O) groups excluding carboxylic acids is 1. The molecule has 1 atom stereocenters. The molecule has 0 saturated carbocycles. The van der Waals surface area contributed by atoms with Crippen LogP contribution in [0.5, 0.6) is 0 Å². The normalized spacial score (nSPS) is 25.5. The second kappa shape index (κ2) is 4.72. The summed E-state index contributed by atoms with van der Waals surface area (Å²) in [5.41, 5.74) is -0.113. The molecule has 90 valence electrons. The van der Waals surface area contributed by atoms with Crippen LogP contribution in [-0.2, 0) is 4.79 Å². The molecule has 1 saturated heterocycles.